The molecule has 2 N–H and O–H groups in total. The second kappa shape index (κ2) is 3.35. The maximum Gasteiger partial charge on any atom is 0.0479 e. The van der Waals surface area contributed by atoms with Crippen LogP contribution in [0.5, 0.6) is 0 Å². The van der Waals surface area contributed by atoms with Crippen molar-refractivity contribution < 1.29 is 4.74 Å². The molecule has 0 aliphatic heterocycles. The molecule has 1 saturated carbocycles. The zero-order chi connectivity index (χ0) is 7.45. The Balaban J connectivity index is 2.22. The van der Waals surface area contributed by atoms with E-state index in [9.17, 15) is 0 Å². The molecule has 1 fully saturated rings. The first-order valence-electron chi connectivity index (χ1n) is 4.05. The molecule has 0 amide bonds. The Morgan fingerprint density at radius 3 is 2.50 bits per heavy atom. The van der Waals surface area contributed by atoms with Crippen molar-refractivity contribution in [1.29, 1.82) is 0 Å². The Morgan fingerprint density at radius 2 is 2.00 bits per heavy atom. The Hall–Kier alpha value is -0.0800. The van der Waals surface area contributed by atoms with Gasteiger partial charge in [-0.1, -0.05) is 12.8 Å². The van der Waals surface area contributed by atoms with Crippen molar-refractivity contribution in [2.75, 3.05) is 13.7 Å². The first-order valence-corrected chi connectivity index (χ1v) is 4.05. The molecule has 0 radical (unpaired) electrons. The molecule has 2 heteroatoms. The van der Waals surface area contributed by atoms with Crippen LogP contribution in [-0.4, -0.2) is 19.3 Å². The van der Waals surface area contributed by atoms with E-state index < -0.39 is 0 Å². The molecule has 0 unspecified atom stereocenters. The van der Waals surface area contributed by atoms with Gasteiger partial charge in [-0.2, -0.15) is 0 Å². The largest absolute Gasteiger partial charge is 0.385 e. The lowest BCUT2D eigenvalue weighted by atomic mass is 9.95. The van der Waals surface area contributed by atoms with Gasteiger partial charge in [0.2, 0.25) is 0 Å². The van der Waals surface area contributed by atoms with E-state index in [0.29, 0.717) is 0 Å². The summed E-state index contributed by atoms with van der Waals surface area (Å²) in [5, 5.41) is 0. The first kappa shape index (κ1) is 8.02. The molecule has 0 aromatic rings. The average Bonchev–Trinajstić information content (AvgIpc) is 2.33. The summed E-state index contributed by atoms with van der Waals surface area (Å²) in [6, 6.07) is 0. The van der Waals surface area contributed by atoms with Crippen LogP contribution in [-0.2, 0) is 4.74 Å². The first-order chi connectivity index (χ1) is 4.77. The van der Waals surface area contributed by atoms with Crippen molar-refractivity contribution in [2.45, 2.75) is 37.6 Å². The van der Waals surface area contributed by atoms with Crippen LogP contribution in [0.4, 0.5) is 0 Å². The third-order valence-corrected chi connectivity index (χ3v) is 2.40. The van der Waals surface area contributed by atoms with Gasteiger partial charge in [0.25, 0.3) is 0 Å². The average molecular weight is 143 g/mol. The molecular formula is C8H17NO. The smallest absolute Gasteiger partial charge is 0.0479 e. The van der Waals surface area contributed by atoms with Gasteiger partial charge in [0.15, 0.2) is 0 Å². The number of nitrogens with two attached hydrogens (primary N) is 1. The second-order valence-corrected chi connectivity index (χ2v) is 3.31. The summed E-state index contributed by atoms with van der Waals surface area (Å²) in [4.78, 5) is 0. The number of hydrogen-bond acceptors (Lipinski definition) is 2. The fraction of sp³-hybridized carbons (Fsp3) is 1.00. The fourth-order valence-corrected chi connectivity index (χ4v) is 1.63. The van der Waals surface area contributed by atoms with Crippen LogP contribution in [0.2, 0.25) is 0 Å². The minimum Gasteiger partial charge on any atom is -0.385 e. The van der Waals surface area contributed by atoms with Crippen LogP contribution in [0, 0.1) is 0 Å². The lowest BCUT2D eigenvalue weighted by Crippen LogP contribution is -2.37. The Labute approximate surface area is 62.7 Å². The van der Waals surface area contributed by atoms with Gasteiger partial charge >= 0.3 is 0 Å². The molecule has 0 bridgehead atoms. The molecule has 0 aromatic heterocycles. The number of ether oxygens (including phenoxy) is 1. The van der Waals surface area contributed by atoms with Crippen molar-refractivity contribution in [3.05, 3.63) is 0 Å². The number of methoxy groups -OCH3 is 1. The van der Waals surface area contributed by atoms with Crippen LogP contribution in [0.15, 0.2) is 0 Å². The van der Waals surface area contributed by atoms with E-state index in [0.717, 1.165) is 13.0 Å². The topological polar surface area (TPSA) is 35.2 Å². The predicted octanol–water partition coefficient (Wildman–Crippen LogP) is 1.29. The number of rotatable bonds is 3. The summed E-state index contributed by atoms with van der Waals surface area (Å²) in [6.45, 7) is 0.816. The molecule has 0 aromatic carbocycles. The SMILES string of the molecule is COCCC1(N)CCCC1. The monoisotopic (exact) mass is 143 g/mol. The summed E-state index contributed by atoms with van der Waals surface area (Å²) in [6.07, 6.45) is 6.02. The second-order valence-electron chi connectivity index (χ2n) is 3.31. The highest BCUT2D eigenvalue weighted by molar-refractivity contribution is 4.88. The van der Waals surface area contributed by atoms with E-state index in [1.165, 1.54) is 25.7 Å². The zero-order valence-electron chi connectivity index (χ0n) is 6.73. The molecule has 60 valence electrons. The highest BCUT2D eigenvalue weighted by Gasteiger charge is 2.28. The van der Waals surface area contributed by atoms with Crippen molar-refractivity contribution >= 4 is 0 Å². The molecule has 0 spiro atoms. The summed E-state index contributed by atoms with van der Waals surface area (Å²) in [5.41, 5.74) is 6.19. The van der Waals surface area contributed by atoms with E-state index in [1.54, 1.807) is 7.11 Å². The standard InChI is InChI=1S/C8H17NO/c1-10-7-6-8(9)4-2-3-5-8/h2-7,9H2,1H3. The molecular weight excluding hydrogens is 126 g/mol. The van der Waals surface area contributed by atoms with E-state index in [2.05, 4.69) is 0 Å². The Morgan fingerprint density at radius 1 is 1.40 bits per heavy atom. The van der Waals surface area contributed by atoms with Crippen molar-refractivity contribution in [1.82, 2.24) is 0 Å². The van der Waals surface area contributed by atoms with E-state index in [1.807, 2.05) is 0 Å². The van der Waals surface area contributed by atoms with Gasteiger partial charge in [-0.3, -0.25) is 0 Å². The van der Waals surface area contributed by atoms with Gasteiger partial charge in [-0.15, -0.1) is 0 Å². The van der Waals surface area contributed by atoms with Crippen LogP contribution >= 0.6 is 0 Å². The van der Waals surface area contributed by atoms with E-state index >= 15 is 0 Å². The normalized spacial score (nSPS) is 23.4. The predicted molar refractivity (Wildman–Crippen MR) is 41.9 cm³/mol. The highest BCUT2D eigenvalue weighted by atomic mass is 16.5. The molecule has 0 heterocycles. The van der Waals surface area contributed by atoms with Gasteiger partial charge in [-0.25, -0.2) is 0 Å². The summed E-state index contributed by atoms with van der Waals surface area (Å²) >= 11 is 0. The van der Waals surface area contributed by atoms with Gasteiger partial charge in [0, 0.05) is 19.3 Å². The van der Waals surface area contributed by atoms with E-state index in [-0.39, 0.29) is 5.54 Å². The molecule has 1 aliphatic carbocycles. The highest BCUT2D eigenvalue weighted by Crippen LogP contribution is 2.29. The minimum atomic E-state index is 0.121. The van der Waals surface area contributed by atoms with Gasteiger partial charge in [0.1, 0.15) is 0 Å². The maximum absolute atomic E-state index is 6.07. The molecule has 1 aliphatic rings. The van der Waals surface area contributed by atoms with Gasteiger partial charge in [-0.05, 0) is 19.3 Å². The fourth-order valence-electron chi connectivity index (χ4n) is 1.63. The van der Waals surface area contributed by atoms with Crippen LogP contribution in [0.25, 0.3) is 0 Å². The van der Waals surface area contributed by atoms with Crippen LogP contribution in [0.1, 0.15) is 32.1 Å². The summed E-state index contributed by atoms with van der Waals surface area (Å²) in [7, 11) is 1.73. The molecule has 1 rings (SSSR count). The quantitative estimate of drug-likeness (QED) is 0.646. The lowest BCUT2D eigenvalue weighted by Gasteiger charge is -2.22. The third-order valence-electron chi connectivity index (χ3n) is 2.40. The van der Waals surface area contributed by atoms with Gasteiger partial charge in [0.05, 0.1) is 0 Å². The van der Waals surface area contributed by atoms with E-state index in [4.69, 9.17) is 10.5 Å². The molecule has 10 heavy (non-hydrogen) atoms. The summed E-state index contributed by atoms with van der Waals surface area (Å²) < 4.78 is 4.99. The maximum atomic E-state index is 6.07. The van der Waals surface area contributed by atoms with Crippen molar-refractivity contribution in [2.24, 2.45) is 5.73 Å². The summed E-state index contributed by atoms with van der Waals surface area (Å²) in [5.74, 6) is 0. The Bertz CT molecular complexity index is 97.4. The van der Waals surface area contributed by atoms with Crippen molar-refractivity contribution in [3.63, 3.8) is 0 Å². The van der Waals surface area contributed by atoms with Crippen molar-refractivity contribution in [3.8, 4) is 0 Å². The molecule has 0 atom stereocenters. The van der Waals surface area contributed by atoms with Crippen LogP contribution < -0.4 is 5.73 Å². The van der Waals surface area contributed by atoms with Crippen LogP contribution in [0.3, 0.4) is 0 Å². The third kappa shape index (κ3) is 1.96. The Kier molecular flexibility index (Phi) is 2.69. The van der Waals surface area contributed by atoms with Gasteiger partial charge < -0.3 is 10.5 Å². The molecule has 2 nitrogen and oxygen atoms in total. The number of hydrogen-bond donors (Lipinski definition) is 1. The lowest BCUT2D eigenvalue weighted by molar-refractivity contribution is 0.169. The molecule has 0 saturated heterocycles. The minimum absolute atomic E-state index is 0.121. The zero-order valence-corrected chi connectivity index (χ0v) is 6.73.